The van der Waals surface area contributed by atoms with Crippen molar-refractivity contribution in [2.45, 2.75) is 16.5 Å². The minimum Gasteiger partial charge on any atom is -0.314 e. The molecule has 0 atom stereocenters. The molecule has 0 amide bonds. The summed E-state index contributed by atoms with van der Waals surface area (Å²) in [6.45, 7) is 0.684. The molecule has 3 aromatic rings. The van der Waals surface area contributed by atoms with Gasteiger partial charge in [0.1, 0.15) is 10.2 Å². The molecule has 0 spiro atoms. The number of hydrogen-bond acceptors (Lipinski definition) is 4. The summed E-state index contributed by atoms with van der Waals surface area (Å²) in [5.41, 5.74) is 1.79. The molecule has 0 saturated carbocycles. The van der Waals surface area contributed by atoms with Crippen molar-refractivity contribution in [3.05, 3.63) is 64.5 Å². The van der Waals surface area contributed by atoms with E-state index in [2.05, 4.69) is 15.4 Å². The Morgan fingerprint density at radius 1 is 1.17 bits per heavy atom. The van der Waals surface area contributed by atoms with Crippen LogP contribution < -0.4 is 5.32 Å². The van der Waals surface area contributed by atoms with Gasteiger partial charge in [-0.1, -0.05) is 47.1 Å². The zero-order valence-corrected chi connectivity index (χ0v) is 15.9. The van der Waals surface area contributed by atoms with Crippen molar-refractivity contribution in [3.8, 4) is 5.69 Å². The predicted octanol–water partition coefficient (Wildman–Crippen LogP) is 4.87. The third-order valence-electron chi connectivity index (χ3n) is 3.09. The first kappa shape index (κ1) is 19.1. The number of para-hydroxylation sites is 1. The summed E-state index contributed by atoms with van der Waals surface area (Å²) in [5, 5.41) is 9.86. The van der Waals surface area contributed by atoms with Crippen LogP contribution >= 0.6 is 47.4 Å². The van der Waals surface area contributed by atoms with Gasteiger partial charge >= 0.3 is 0 Å². The summed E-state index contributed by atoms with van der Waals surface area (Å²) < 4.78 is 1.86. The minimum absolute atomic E-state index is 0. The lowest BCUT2D eigenvalue weighted by atomic mass is 10.3. The third kappa shape index (κ3) is 4.43. The molecular formula is C16H15Cl3N4S. The summed E-state index contributed by atoms with van der Waals surface area (Å²) in [5.74, 6) is 0. The number of halogens is 3. The fourth-order valence-electron chi connectivity index (χ4n) is 2.09. The Balaban J connectivity index is 0.00000208. The molecule has 0 saturated heterocycles. The van der Waals surface area contributed by atoms with E-state index in [0.717, 1.165) is 21.3 Å². The summed E-state index contributed by atoms with van der Waals surface area (Å²) in [4.78, 5) is 5.10. The second-order valence-electron chi connectivity index (χ2n) is 4.79. The first-order valence-corrected chi connectivity index (χ1v) is 8.52. The maximum absolute atomic E-state index is 6.33. The van der Waals surface area contributed by atoms with Crippen LogP contribution in [-0.4, -0.2) is 21.8 Å². The molecule has 8 heteroatoms. The van der Waals surface area contributed by atoms with Crippen molar-refractivity contribution in [3.63, 3.8) is 0 Å². The van der Waals surface area contributed by atoms with Crippen molar-refractivity contribution in [1.82, 2.24) is 20.1 Å². The van der Waals surface area contributed by atoms with Gasteiger partial charge in [0.2, 0.25) is 0 Å². The van der Waals surface area contributed by atoms with Crippen LogP contribution in [0.3, 0.4) is 0 Å². The van der Waals surface area contributed by atoms with Gasteiger partial charge in [0.25, 0.3) is 0 Å². The Labute approximate surface area is 161 Å². The van der Waals surface area contributed by atoms with Gasteiger partial charge in [-0.05, 0) is 37.4 Å². The van der Waals surface area contributed by atoms with E-state index < -0.39 is 0 Å². The maximum atomic E-state index is 6.33. The Bertz CT molecular complexity index is 805. The lowest BCUT2D eigenvalue weighted by molar-refractivity contribution is 0.739. The Morgan fingerprint density at radius 3 is 2.62 bits per heavy atom. The standard InChI is InChI=1S/C16H14Cl2N4S.ClH/c1-19-9-11-8-16(23-12-6-7-15(18)20-10-12)22(21-11)14-5-3-2-4-13(14)17;/h2-8,10,19H,9H2,1H3;1H. The minimum atomic E-state index is 0. The van der Waals surface area contributed by atoms with E-state index in [1.54, 1.807) is 24.0 Å². The molecule has 3 rings (SSSR count). The van der Waals surface area contributed by atoms with Crippen LogP contribution in [0, 0.1) is 0 Å². The molecule has 2 aromatic heterocycles. The van der Waals surface area contributed by atoms with Crippen molar-refractivity contribution >= 4 is 47.4 Å². The molecule has 0 aliphatic rings. The summed E-state index contributed by atoms with van der Waals surface area (Å²) in [6.07, 6.45) is 1.74. The van der Waals surface area contributed by atoms with E-state index >= 15 is 0 Å². The Hall–Kier alpha value is -1.24. The molecule has 2 heterocycles. The lowest BCUT2D eigenvalue weighted by Crippen LogP contribution is -2.06. The summed E-state index contributed by atoms with van der Waals surface area (Å²) in [6, 6.07) is 13.4. The maximum Gasteiger partial charge on any atom is 0.129 e. The average Bonchev–Trinajstić information content (AvgIpc) is 2.93. The molecule has 0 aliphatic heterocycles. The number of pyridine rings is 1. The van der Waals surface area contributed by atoms with Crippen LogP contribution in [0.4, 0.5) is 0 Å². The highest BCUT2D eigenvalue weighted by Gasteiger charge is 2.13. The zero-order valence-electron chi connectivity index (χ0n) is 12.7. The largest absolute Gasteiger partial charge is 0.314 e. The van der Waals surface area contributed by atoms with E-state index in [4.69, 9.17) is 23.2 Å². The molecule has 0 aliphatic carbocycles. The normalized spacial score (nSPS) is 10.5. The lowest BCUT2D eigenvalue weighted by Gasteiger charge is -2.08. The van der Waals surface area contributed by atoms with E-state index in [1.807, 2.05) is 48.1 Å². The van der Waals surface area contributed by atoms with E-state index in [-0.39, 0.29) is 12.4 Å². The van der Waals surface area contributed by atoms with E-state index in [9.17, 15) is 0 Å². The quantitative estimate of drug-likeness (QED) is 0.620. The summed E-state index contributed by atoms with van der Waals surface area (Å²) >= 11 is 13.7. The first-order chi connectivity index (χ1) is 11.2. The van der Waals surface area contributed by atoms with Gasteiger partial charge < -0.3 is 5.32 Å². The van der Waals surface area contributed by atoms with Gasteiger partial charge in [-0.2, -0.15) is 5.10 Å². The smallest absolute Gasteiger partial charge is 0.129 e. The molecule has 0 fully saturated rings. The van der Waals surface area contributed by atoms with Crippen LogP contribution in [0.2, 0.25) is 10.2 Å². The first-order valence-electron chi connectivity index (χ1n) is 6.95. The molecule has 1 N–H and O–H groups in total. The molecular weight excluding hydrogens is 387 g/mol. The van der Waals surface area contributed by atoms with Gasteiger partial charge in [-0.3, -0.25) is 0 Å². The highest BCUT2D eigenvalue weighted by atomic mass is 35.5. The molecule has 0 bridgehead atoms. The van der Waals surface area contributed by atoms with E-state index in [0.29, 0.717) is 16.7 Å². The van der Waals surface area contributed by atoms with Crippen LogP contribution in [0.15, 0.2) is 58.6 Å². The zero-order chi connectivity index (χ0) is 16.2. The van der Waals surface area contributed by atoms with Gasteiger partial charge in [0.15, 0.2) is 0 Å². The second-order valence-corrected chi connectivity index (χ2v) is 6.67. The van der Waals surface area contributed by atoms with Gasteiger partial charge in [0, 0.05) is 17.6 Å². The van der Waals surface area contributed by atoms with Crippen molar-refractivity contribution < 1.29 is 0 Å². The number of nitrogens with one attached hydrogen (secondary N) is 1. The van der Waals surface area contributed by atoms with Gasteiger partial charge in [-0.15, -0.1) is 12.4 Å². The van der Waals surface area contributed by atoms with Crippen LogP contribution in [0.5, 0.6) is 0 Å². The molecule has 126 valence electrons. The SMILES string of the molecule is CNCc1cc(Sc2ccc(Cl)nc2)n(-c2ccccc2Cl)n1.Cl. The summed E-state index contributed by atoms with van der Waals surface area (Å²) in [7, 11) is 1.89. The fraction of sp³-hybridized carbons (Fsp3) is 0.125. The monoisotopic (exact) mass is 400 g/mol. The van der Waals surface area contributed by atoms with Crippen LogP contribution in [0.25, 0.3) is 5.69 Å². The number of rotatable bonds is 5. The highest BCUT2D eigenvalue weighted by molar-refractivity contribution is 7.99. The van der Waals surface area contributed by atoms with Gasteiger partial charge in [-0.25, -0.2) is 9.67 Å². The highest BCUT2D eigenvalue weighted by Crippen LogP contribution is 2.32. The van der Waals surface area contributed by atoms with Crippen molar-refractivity contribution in [1.29, 1.82) is 0 Å². The second kappa shape index (κ2) is 8.74. The predicted molar refractivity (Wildman–Crippen MR) is 102 cm³/mol. The topological polar surface area (TPSA) is 42.7 Å². The number of nitrogens with zero attached hydrogens (tertiary/aromatic N) is 3. The van der Waals surface area contributed by atoms with Crippen molar-refractivity contribution in [2.75, 3.05) is 7.05 Å². The van der Waals surface area contributed by atoms with E-state index in [1.165, 1.54) is 0 Å². The number of benzene rings is 1. The molecule has 24 heavy (non-hydrogen) atoms. The molecule has 1 aromatic carbocycles. The van der Waals surface area contributed by atoms with Crippen LogP contribution in [0.1, 0.15) is 5.69 Å². The average molecular weight is 402 g/mol. The molecule has 0 unspecified atom stereocenters. The number of hydrogen-bond donors (Lipinski definition) is 1. The van der Waals surface area contributed by atoms with Crippen molar-refractivity contribution in [2.24, 2.45) is 0 Å². The van der Waals surface area contributed by atoms with Crippen LogP contribution in [-0.2, 0) is 6.54 Å². The molecule has 4 nitrogen and oxygen atoms in total. The Morgan fingerprint density at radius 2 is 1.96 bits per heavy atom. The Kier molecular flexibility index (Phi) is 6.95. The fourth-order valence-corrected chi connectivity index (χ4v) is 3.32. The third-order valence-corrected chi connectivity index (χ3v) is 4.61. The number of aromatic nitrogens is 3. The van der Waals surface area contributed by atoms with Gasteiger partial charge in [0.05, 0.1) is 16.4 Å². The molecule has 0 radical (unpaired) electrons.